The molecule has 0 aliphatic rings. The van der Waals surface area contributed by atoms with Crippen molar-refractivity contribution in [1.82, 2.24) is 9.88 Å². The van der Waals surface area contributed by atoms with Crippen LogP contribution in [0.2, 0.25) is 0 Å². The molecule has 0 atom stereocenters. The van der Waals surface area contributed by atoms with E-state index in [0.717, 1.165) is 58.4 Å². The Morgan fingerprint density at radius 2 is 1.80 bits per heavy atom. The van der Waals surface area contributed by atoms with Gasteiger partial charge in [-0.1, -0.05) is 47.0 Å². The van der Waals surface area contributed by atoms with Gasteiger partial charge in [0.15, 0.2) is 0 Å². The molecule has 1 aromatic heterocycles. The third-order valence-corrected chi connectivity index (χ3v) is 5.53. The van der Waals surface area contributed by atoms with Crippen molar-refractivity contribution in [3.63, 3.8) is 0 Å². The summed E-state index contributed by atoms with van der Waals surface area (Å²) in [7, 11) is 2.14. The van der Waals surface area contributed by atoms with Crippen molar-refractivity contribution >= 4 is 26.7 Å². The summed E-state index contributed by atoms with van der Waals surface area (Å²) in [4.78, 5) is 6.90. The normalized spacial score (nSPS) is 10.8. The number of ether oxygens (including phenoxy) is 1. The van der Waals surface area contributed by atoms with Gasteiger partial charge in [-0.2, -0.15) is 0 Å². The molecule has 0 aliphatic carbocycles. The average molecular weight is 489 g/mol. The van der Waals surface area contributed by atoms with Gasteiger partial charge in [0.1, 0.15) is 5.75 Å². The number of fused-ring (bicyclic) bond motifs is 1. The van der Waals surface area contributed by atoms with Gasteiger partial charge in [0.2, 0.25) is 0 Å². The Morgan fingerprint density at radius 1 is 1.03 bits per heavy atom. The molecule has 2 aromatic carbocycles. The van der Waals surface area contributed by atoms with Crippen LogP contribution in [0.1, 0.15) is 25.7 Å². The van der Waals surface area contributed by atoms with Crippen molar-refractivity contribution in [2.24, 2.45) is 0 Å². The summed E-state index contributed by atoms with van der Waals surface area (Å²) in [6.45, 7) is 6.63. The molecule has 0 bridgehead atoms. The van der Waals surface area contributed by atoms with Crippen molar-refractivity contribution in [1.29, 1.82) is 0 Å². The van der Waals surface area contributed by atoms with Crippen LogP contribution in [0.15, 0.2) is 71.9 Å². The summed E-state index contributed by atoms with van der Waals surface area (Å²) in [6.07, 6.45) is 8.58. The number of benzene rings is 2. The molecule has 3 rings (SSSR count). The van der Waals surface area contributed by atoms with Gasteiger partial charge >= 0.3 is 0 Å². The Hall–Kier alpha value is -1.88. The Bertz CT molecular complexity index is 930. The van der Waals surface area contributed by atoms with Gasteiger partial charge in [0.25, 0.3) is 0 Å². The first kappa shape index (κ1) is 24.4. The van der Waals surface area contributed by atoms with Crippen molar-refractivity contribution in [2.75, 3.05) is 26.7 Å². The molecule has 0 fully saturated rings. The Morgan fingerprint density at radius 3 is 2.57 bits per heavy atom. The van der Waals surface area contributed by atoms with Crippen LogP contribution in [0, 0.1) is 0 Å². The van der Waals surface area contributed by atoms with E-state index in [0.29, 0.717) is 0 Å². The second kappa shape index (κ2) is 12.7. The van der Waals surface area contributed by atoms with Gasteiger partial charge in [-0.3, -0.25) is 4.98 Å². The third-order valence-electron chi connectivity index (χ3n) is 5.00. The van der Waals surface area contributed by atoms with Gasteiger partial charge in [-0.15, -0.1) is 6.58 Å². The summed E-state index contributed by atoms with van der Waals surface area (Å²) in [5.41, 5.74) is 2.12. The second-order valence-corrected chi connectivity index (χ2v) is 8.28. The van der Waals surface area contributed by atoms with Gasteiger partial charge in [-0.25, -0.2) is 0 Å². The van der Waals surface area contributed by atoms with Crippen LogP contribution < -0.4 is 17.1 Å². The SMILES string of the molecule is C=CCN(C)CCCCCCOc1ccc2c(-c3ccc(Br)cc3)nccc2c1.[Cl-]. The van der Waals surface area contributed by atoms with Gasteiger partial charge in [0.05, 0.1) is 12.3 Å². The highest BCUT2D eigenvalue weighted by Gasteiger charge is 2.07. The first-order valence-corrected chi connectivity index (χ1v) is 11.0. The highest BCUT2D eigenvalue weighted by atomic mass is 79.9. The van der Waals surface area contributed by atoms with Crippen LogP contribution in [0.4, 0.5) is 0 Å². The van der Waals surface area contributed by atoms with Crippen LogP contribution in [-0.2, 0) is 0 Å². The zero-order valence-electron chi connectivity index (χ0n) is 17.5. The molecule has 0 spiro atoms. The van der Waals surface area contributed by atoms with E-state index in [-0.39, 0.29) is 12.4 Å². The molecule has 0 saturated carbocycles. The number of hydrogen-bond acceptors (Lipinski definition) is 3. The third kappa shape index (κ3) is 7.12. The minimum Gasteiger partial charge on any atom is -1.00 e. The minimum absolute atomic E-state index is 0. The van der Waals surface area contributed by atoms with Crippen molar-refractivity contribution < 1.29 is 17.1 Å². The lowest BCUT2D eigenvalue weighted by molar-refractivity contribution is -0.00000630. The predicted molar refractivity (Wildman–Crippen MR) is 127 cm³/mol. The molecule has 0 amide bonds. The molecule has 0 saturated heterocycles. The maximum atomic E-state index is 5.99. The average Bonchev–Trinajstić information content (AvgIpc) is 2.73. The number of unbranched alkanes of at least 4 members (excludes halogenated alkanes) is 3. The maximum Gasteiger partial charge on any atom is 0.119 e. The van der Waals surface area contributed by atoms with Crippen LogP contribution in [0.25, 0.3) is 22.0 Å². The summed E-state index contributed by atoms with van der Waals surface area (Å²) in [5, 5.41) is 2.30. The van der Waals surface area contributed by atoms with Gasteiger partial charge in [0, 0.05) is 28.2 Å². The standard InChI is InChI=1S/C25H29BrN2O.ClH/c1-3-16-28(2)17-6-4-5-7-18-29-23-12-13-24-21(19-23)14-15-27-25(24)20-8-10-22(26)11-9-20;/h3,8-15,19H,1,4-7,16-18H2,2H3;1H/p-1. The number of rotatable bonds is 11. The summed E-state index contributed by atoms with van der Waals surface area (Å²) in [6, 6.07) is 16.6. The maximum absolute atomic E-state index is 5.99. The van der Waals surface area contributed by atoms with E-state index in [4.69, 9.17) is 4.74 Å². The van der Waals surface area contributed by atoms with E-state index in [1.54, 1.807) is 0 Å². The fraction of sp³-hybridized carbons (Fsp3) is 0.320. The fourth-order valence-electron chi connectivity index (χ4n) is 3.42. The van der Waals surface area contributed by atoms with Crippen molar-refractivity contribution in [2.45, 2.75) is 25.7 Å². The lowest BCUT2D eigenvalue weighted by Crippen LogP contribution is -3.00. The molecule has 0 aliphatic heterocycles. The highest BCUT2D eigenvalue weighted by Crippen LogP contribution is 2.29. The number of pyridine rings is 1. The number of aromatic nitrogens is 1. The molecule has 1 heterocycles. The predicted octanol–water partition coefficient (Wildman–Crippen LogP) is 3.73. The summed E-state index contributed by atoms with van der Waals surface area (Å²) >= 11 is 3.49. The molecule has 5 heteroatoms. The minimum atomic E-state index is 0. The molecule has 0 radical (unpaired) electrons. The quantitative estimate of drug-likeness (QED) is 0.304. The van der Waals surface area contributed by atoms with Crippen molar-refractivity contribution in [3.05, 3.63) is 71.9 Å². The summed E-state index contributed by atoms with van der Waals surface area (Å²) < 4.78 is 7.06. The molecule has 160 valence electrons. The van der Waals surface area contributed by atoms with Gasteiger partial charge < -0.3 is 22.0 Å². The van der Waals surface area contributed by atoms with Gasteiger partial charge in [-0.05, 0) is 68.2 Å². The highest BCUT2D eigenvalue weighted by molar-refractivity contribution is 9.10. The summed E-state index contributed by atoms with van der Waals surface area (Å²) in [5.74, 6) is 0.927. The molecular weight excluding hydrogens is 460 g/mol. The van der Waals surface area contributed by atoms with E-state index < -0.39 is 0 Å². The molecule has 30 heavy (non-hydrogen) atoms. The number of hydrogen-bond donors (Lipinski definition) is 0. The Balaban J connectivity index is 0.00000320. The molecular formula is C25H29BrClN2O-. The molecule has 3 aromatic rings. The lowest BCUT2D eigenvalue weighted by Gasteiger charge is -2.13. The fourth-order valence-corrected chi connectivity index (χ4v) is 3.69. The van der Waals surface area contributed by atoms with Crippen LogP contribution in [0.5, 0.6) is 5.75 Å². The second-order valence-electron chi connectivity index (χ2n) is 7.36. The zero-order chi connectivity index (χ0) is 20.5. The molecule has 0 N–H and O–H groups in total. The van der Waals surface area contributed by atoms with Crippen LogP contribution >= 0.6 is 15.9 Å². The topological polar surface area (TPSA) is 25.4 Å². The monoisotopic (exact) mass is 487 g/mol. The van der Waals surface area contributed by atoms with E-state index in [1.165, 1.54) is 19.3 Å². The number of nitrogens with zero attached hydrogens (tertiary/aromatic N) is 2. The van der Waals surface area contributed by atoms with E-state index in [2.05, 4.69) is 69.8 Å². The smallest absolute Gasteiger partial charge is 0.119 e. The van der Waals surface area contributed by atoms with E-state index in [1.807, 2.05) is 30.5 Å². The Kier molecular flexibility index (Phi) is 10.4. The van der Waals surface area contributed by atoms with E-state index >= 15 is 0 Å². The zero-order valence-corrected chi connectivity index (χ0v) is 19.8. The largest absolute Gasteiger partial charge is 1.00 e. The van der Waals surface area contributed by atoms with Crippen LogP contribution in [-0.4, -0.2) is 36.6 Å². The number of likely N-dealkylation sites (N-methyl/N-ethyl adjacent to an activating group) is 1. The molecule has 0 unspecified atom stereocenters. The van der Waals surface area contributed by atoms with Crippen LogP contribution in [0.3, 0.4) is 0 Å². The first-order valence-electron chi connectivity index (χ1n) is 10.2. The first-order chi connectivity index (χ1) is 14.2. The van der Waals surface area contributed by atoms with E-state index in [9.17, 15) is 0 Å². The molecule has 3 nitrogen and oxygen atoms in total. The van der Waals surface area contributed by atoms with Crippen molar-refractivity contribution in [3.8, 4) is 17.0 Å². The Labute approximate surface area is 194 Å². The number of halogens is 2. The lowest BCUT2D eigenvalue weighted by atomic mass is 10.0.